The smallest absolute Gasteiger partial charge is 0.249 e. The predicted octanol–water partition coefficient (Wildman–Crippen LogP) is 2.77. The molecule has 2 fully saturated rings. The Morgan fingerprint density at radius 1 is 1.15 bits per heavy atom. The Morgan fingerprint density at radius 2 is 2.00 bits per heavy atom. The van der Waals surface area contributed by atoms with Crippen molar-refractivity contribution >= 4 is 28.3 Å². The molecular formula is C20H22N2O4. The lowest BCUT2D eigenvalue weighted by atomic mass is 10.1. The van der Waals surface area contributed by atoms with Gasteiger partial charge in [0.15, 0.2) is 6.29 Å². The van der Waals surface area contributed by atoms with Crippen LogP contribution >= 0.6 is 0 Å². The van der Waals surface area contributed by atoms with Crippen LogP contribution in [0, 0.1) is 5.92 Å². The van der Waals surface area contributed by atoms with Crippen molar-refractivity contribution in [3.05, 3.63) is 42.5 Å². The maximum absolute atomic E-state index is 12.5. The van der Waals surface area contributed by atoms with Crippen LogP contribution in [-0.4, -0.2) is 31.3 Å². The van der Waals surface area contributed by atoms with E-state index in [1.54, 1.807) is 4.90 Å². The summed E-state index contributed by atoms with van der Waals surface area (Å²) >= 11 is 0. The van der Waals surface area contributed by atoms with Gasteiger partial charge in [0.2, 0.25) is 11.8 Å². The van der Waals surface area contributed by atoms with Crippen LogP contribution < -0.4 is 10.4 Å². The Kier molecular flexibility index (Phi) is 4.86. The molecule has 0 unspecified atom stereocenters. The molecule has 1 N–H and O–H groups in total. The minimum Gasteiger partial charge on any atom is -0.350 e. The van der Waals surface area contributed by atoms with Crippen LogP contribution in [0.4, 0.5) is 5.69 Å². The van der Waals surface area contributed by atoms with Gasteiger partial charge in [-0.05, 0) is 24.3 Å². The van der Waals surface area contributed by atoms with E-state index >= 15 is 0 Å². The monoisotopic (exact) mass is 354 g/mol. The van der Waals surface area contributed by atoms with Crippen LogP contribution in [-0.2, 0) is 19.2 Å². The Bertz CT molecular complexity index is 811. The minimum absolute atomic E-state index is 0.0459. The Morgan fingerprint density at radius 3 is 2.85 bits per heavy atom. The van der Waals surface area contributed by atoms with Crippen molar-refractivity contribution in [2.45, 2.75) is 32.0 Å². The maximum Gasteiger partial charge on any atom is 0.249 e. The molecule has 136 valence electrons. The average Bonchev–Trinajstić information content (AvgIpc) is 3.08. The molecule has 0 aromatic heterocycles. The Labute approximate surface area is 152 Å². The molecule has 2 aromatic carbocycles. The number of nitrogens with one attached hydrogen (secondary N) is 1. The molecule has 0 aliphatic carbocycles. The first kappa shape index (κ1) is 17.0. The van der Waals surface area contributed by atoms with E-state index in [0.29, 0.717) is 13.2 Å². The highest BCUT2D eigenvalue weighted by Crippen LogP contribution is 2.31. The molecule has 0 bridgehead atoms. The van der Waals surface area contributed by atoms with Crippen LogP contribution in [0.5, 0.6) is 0 Å². The minimum atomic E-state index is -0.426. The fraction of sp³-hybridized carbons (Fsp3) is 0.400. The van der Waals surface area contributed by atoms with Gasteiger partial charge < -0.3 is 9.64 Å². The van der Waals surface area contributed by atoms with Crippen molar-refractivity contribution in [2.24, 2.45) is 5.92 Å². The molecule has 0 radical (unpaired) electrons. The van der Waals surface area contributed by atoms with Gasteiger partial charge in [0.1, 0.15) is 0 Å². The fourth-order valence-electron chi connectivity index (χ4n) is 3.57. The van der Waals surface area contributed by atoms with Gasteiger partial charge in [0.05, 0.1) is 11.6 Å². The van der Waals surface area contributed by atoms with Crippen molar-refractivity contribution < 1.29 is 19.2 Å². The lowest BCUT2D eigenvalue weighted by molar-refractivity contribution is -0.201. The number of hydrogen-bond donors (Lipinski definition) is 1. The largest absolute Gasteiger partial charge is 0.350 e. The molecule has 4 rings (SSSR count). The molecule has 2 amide bonds. The van der Waals surface area contributed by atoms with Crippen molar-refractivity contribution in [1.82, 2.24) is 5.48 Å². The second-order valence-electron chi connectivity index (χ2n) is 6.78. The Hall–Kier alpha value is -2.44. The highest BCUT2D eigenvalue weighted by molar-refractivity contribution is 6.06. The zero-order valence-corrected chi connectivity index (χ0v) is 14.5. The van der Waals surface area contributed by atoms with Crippen LogP contribution in [0.15, 0.2) is 42.5 Å². The number of anilines is 1. The van der Waals surface area contributed by atoms with E-state index in [-0.39, 0.29) is 24.5 Å². The topological polar surface area (TPSA) is 67.9 Å². The summed E-state index contributed by atoms with van der Waals surface area (Å²) < 4.78 is 5.44. The molecule has 6 nitrogen and oxygen atoms in total. The van der Waals surface area contributed by atoms with Crippen LogP contribution in [0.25, 0.3) is 10.8 Å². The second kappa shape index (κ2) is 7.43. The van der Waals surface area contributed by atoms with Crippen LogP contribution in [0.3, 0.4) is 0 Å². The molecule has 2 heterocycles. The lowest BCUT2D eigenvalue weighted by Gasteiger charge is -2.23. The van der Waals surface area contributed by atoms with Crippen molar-refractivity contribution in [3.63, 3.8) is 0 Å². The molecule has 26 heavy (non-hydrogen) atoms. The highest BCUT2D eigenvalue weighted by Gasteiger charge is 2.36. The molecule has 6 heteroatoms. The number of ether oxygens (including phenoxy) is 1. The van der Waals surface area contributed by atoms with Gasteiger partial charge in [-0.15, -0.1) is 0 Å². The van der Waals surface area contributed by atoms with E-state index in [0.717, 1.165) is 35.7 Å². The number of benzene rings is 2. The van der Waals surface area contributed by atoms with Gasteiger partial charge in [0, 0.05) is 31.4 Å². The quantitative estimate of drug-likeness (QED) is 0.858. The summed E-state index contributed by atoms with van der Waals surface area (Å²) in [6.07, 6.45) is 2.61. The van der Waals surface area contributed by atoms with Gasteiger partial charge in [-0.25, -0.2) is 10.3 Å². The summed E-state index contributed by atoms with van der Waals surface area (Å²) in [7, 11) is 0. The first-order valence-electron chi connectivity index (χ1n) is 9.07. The summed E-state index contributed by atoms with van der Waals surface area (Å²) in [5.41, 5.74) is 3.33. The maximum atomic E-state index is 12.5. The normalized spacial score (nSPS) is 23.4. The van der Waals surface area contributed by atoms with Crippen LogP contribution in [0.2, 0.25) is 0 Å². The molecule has 2 atom stereocenters. The number of rotatable bonds is 4. The van der Waals surface area contributed by atoms with Gasteiger partial charge in [-0.1, -0.05) is 36.4 Å². The van der Waals surface area contributed by atoms with Crippen LogP contribution in [0.1, 0.15) is 25.7 Å². The molecule has 2 aromatic rings. The molecule has 2 aliphatic rings. The van der Waals surface area contributed by atoms with Crippen molar-refractivity contribution in [3.8, 4) is 0 Å². The number of nitrogens with zero attached hydrogens (tertiary/aromatic N) is 1. The number of carbonyl (C=O) groups excluding carboxylic acids is 2. The first-order valence-corrected chi connectivity index (χ1v) is 9.07. The highest BCUT2D eigenvalue weighted by atomic mass is 16.8. The second-order valence-corrected chi connectivity index (χ2v) is 6.78. The molecule has 2 saturated heterocycles. The van der Waals surface area contributed by atoms with Gasteiger partial charge in [-0.3, -0.25) is 9.59 Å². The van der Waals surface area contributed by atoms with E-state index in [1.165, 1.54) is 0 Å². The number of amides is 2. The third-order valence-electron chi connectivity index (χ3n) is 4.98. The summed E-state index contributed by atoms with van der Waals surface area (Å²) in [5.74, 6) is -0.740. The van der Waals surface area contributed by atoms with Crippen molar-refractivity contribution in [2.75, 3.05) is 18.1 Å². The number of carbonyl (C=O) groups is 2. The first-order chi connectivity index (χ1) is 12.7. The number of fused-ring (bicyclic) bond motifs is 1. The number of hydroxylamine groups is 1. The summed E-state index contributed by atoms with van der Waals surface area (Å²) in [5, 5.41) is 2.08. The van der Waals surface area contributed by atoms with E-state index in [2.05, 4.69) is 5.48 Å². The zero-order chi connectivity index (χ0) is 17.9. The molecule has 0 saturated carbocycles. The number of hydrogen-bond acceptors (Lipinski definition) is 4. The van der Waals surface area contributed by atoms with E-state index in [1.807, 2.05) is 42.5 Å². The third-order valence-corrected chi connectivity index (χ3v) is 4.98. The predicted molar refractivity (Wildman–Crippen MR) is 97.2 cm³/mol. The fourth-order valence-corrected chi connectivity index (χ4v) is 3.57. The summed E-state index contributed by atoms with van der Waals surface area (Å²) in [6, 6.07) is 13.8. The van der Waals surface area contributed by atoms with Gasteiger partial charge >= 0.3 is 0 Å². The van der Waals surface area contributed by atoms with Gasteiger partial charge in [-0.2, -0.15) is 0 Å². The Balaban J connectivity index is 1.44. The lowest BCUT2D eigenvalue weighted by Crippen LogP contribution is -2.37. The average molecular weight is 354 g/mol. The molecule has 0 spiro atoms. The standard InChI is InChI=1S/C20H22N2O4/c23-18-12-15(20(24)21-26-19-10-3-4-11-25-19)13-22(18)17-9-5-7-14-6-1-2-8-16(14)17/h1-2,5-9,15,19H,3-4,10-13H2,(H,21,24)/t15-,19+/m1/s1. The SMILES string of the molecule is O=C(NO[C@H]1CCCCO1)[C@@H]1CC(=O)N(c2cccc3ccccc23)C1. The van der Waals surface area contributed by atoms with Crippen molar-refractivity contribution in [1.29, 1.82) is 0 Å². The van der Waals surface area contributed by atoms with E-state index in [4.69, 9.17) is 9.57 Å². The van der Waals surface area contributed by atoms with Gasteiger partial charge in [0.25, 0.3) is 0 Å². The summed E-state index contributed by atoms with van der Waals surface area (Å²) in [6.45, 7) is 1.00. The van der Waals surface area contributed by atoms with E-state index in [9.17, 15) is 9.59 Å². The summed E-state index contributed by atoms with van der Waals surface area (Å²) in [4.78, 5) is 32.0. The zero-order valence-electron chi connectivity index (χ0n) is 14.5. The van der Waals surface area contributed by atoms with E-state index < -0.39 is 5.92 Å². The third kappa shape index (κ3) is 3.43. The molecular weight excluding hydrogens is 332 g/mol. The molecule has 2 aliphatic heterocycles.